The number of nitrogens with one attached hydrogen (secondary N) is 1. The molecule has 146 valence electrons. The molecule has 8 heteroatoms. The molecule has 0 aliphatic carbocycles. The number of nitrogens with zero attached hydrogens (tertiary/aromatic N) is 2. The van der Waals surface area contributed by atoms with Gasteiger partial charge in [-0.2, -0.15) is 0 Å². The number of hydrogen-bond donors (Lipinski definition) is 1. The number of carbonyl (C=O) groups is 1. The van der Waals surface area contributed by atoms with Crippen molar-refractivity contribution in [1.29, 1.82) is 0 Å². The second-order valence-corrected chi connectivity index (χ2v) is 7.32. The van der Waals surface area contributed by atoms with Crippen LogP contribution in [0.4, 0.5) is 5.82 Å². The van der Waals surface area contributed by atoms with E-state index >= 15 is 0 Å². The summed E-state index contributed by atoms with van der Waals surface area (Å²) < 4.78 is 7.56. The van der Waals surface area contributed by atoms with E-state index < -0.39 is 0 Å². The molecule has 1 aromatic heterocycles. The maximum atomic E-state index is 12.3. The number of pyridine rings is 1. The number of anilines is 1. The van der Waals surface area contributed by atoms with Crippen LogP contribution in [0.5, 0.6) is 0 Å². The fraction of sp³-hybridized carbons (Fsp3) is 0.579. The summed E-state index contributed by atoms with van der Waals surface area (Å²) in [4.78, 5) is 18.7. The van der Waals surface area contributed by atoms with Crippen molar-refractivity contribution in [3.63, 3.8) is 0 Å². The Morgan fingerprint density at radius 1 is 1.37 bits per heavy atom. The van der Waals surface area contributed by atoms with Crippen LogP contribution in [0.3, 0.4) is 0 Å². The van der Waals surface area contributed by atoms with E-state index in [2.05, 4.69) is 47.2 Å². The second-order valence-electron chi connectivity index (χ2n) is 5.64. The molecular formula is C19H27IN3O2STl. The number of ether oxygens (including phenoxy) is 1. The van der Waals surface area contributed by atoms with Gasteiger partial charge in [0.15, 0.2) is 0 Å². The number of carbonyl (C=O) groups excluding carboxylic acids is 1. The summed E-state index contributed by atoms with van der Waals surface area (Å²) in [6, 6.07) is 4.23. The number of rotatable bonds is 3. The third-order valence-electron chi connectivity index (χ3n) is 4.16. The first-order valence-corrected chi connectivity index (χ1v) is 17.1. The molecule has 27 heavy (non-hydrogen) atoms. The Labute approximate surface area is 195 Å². The van der Waals surface area contributed by atoms with Crippen LogP contribution in [0.1, 0.15) is 38.7 Å². The van der Waals surface area contributed by atoms with Gasteiger partial charge in [0.05, 0.1) is 11.6 Å². The molecule has 0 saturated carbocycles. The molecule has 5 nitrogen and oxygen atoms in total. The predicted octanol–water partition coefficient (Wildman–Crippen LogP) is 3.89. The average molecular weight is 693 g/mol. The van der Waals surface area contributed by atoms with Gasteiger partial charge in [-0.3, -0.25) is 4.79 Å². The molecule has 1 amide bonds. The van der Waals surface area contributed by atoms with Crippen molar-refractivity contribution >= 4 is 67.6 Å². The molecule has 0 aromatic carbocycles. The van der Waals surface area contributed by atoms with Crippen molar-refractivity contribution in [3.8, 4) is 11.2 Å². The third-order valence-corrected chi connectivity index (χ3v) is 5.00. The van der Waals surface area contributed by atoms with Crippen LogP contribution in [0.25, 0.3) is 0 Å². The molecule has 0 spiro atoms. The van der Waals surface area contributed by atoms with Gasteiger partial charge in [-0.05, 0) is 39.2 Å². The van der Waals surface area contributed by atoms with Crippen molar-refractivity contribution in [2.45, 2.75) is 49.7 Å². The summed E-state index contributed by atoms with van der Waals surface area (Å²) in [5, 5.41) is 6.38. The van der Waals surface area contributed by atoms with Gasteiger partial charge in [0.2, 0.25) is 5.91 Å². The number of aromatic nitrogens is 1. The van der Waals surface area contributed by atoms with Crippen LogP contribution in [-0.2, 0) is 9.53 Å². The van der Waals surface area contributed by atoms with Crippen LogP contribution in [0.15, 0.2) is 18.3 Å². The van der Waals surface area contributed by atoms with E-state index in [-0.39, 0.29) is 11.9 Å². The minimum absolute atomic E-state index is 0.0908. The monoisotopic (exact) mass is 693 g/mol. The van der Waals surface area contributed by atoms with Gasteiger partial charge in [0.1, 0.15) is 5.82 Å². The van der Waals surface area contributed by atoms with Crippen molar-refractivity contribution in [1.82, 2.24) is 9.88 Å². The number of amides is 1. The summed E-state index contributed by atoms with van der Waals surface area (Å²) >= 11 is 3.31. The first-order valence-electron chi connectivity index (χ1n) is 9.23. The number of halogens is 1. The summed E-state index contributed by atoms with van der Waals surface area (Å²) in [7, 11) is 1.45. The van der Waals surface area contributed by atoms with Crippen molar-refractivity contribution in [3.05, 3.63) is 23.9 Å². The molecule has 0 bridgehead atoms. The fourth-order valence-corrected chi connectivity index (χ4v) is 3.55. The van der Waals surface area contributed by atoms with Crippen LogP contribution in [0, 0.1) is 11.2 Å². The molecule has 1 atom stereocenters. The Hall–Kier alpha value is -0.0579. The van der Waals surface area contributed by atoms with Gasteiger partial charge in [0.25, 0.3) is 0 Å². The van der Waals surface area contributed by atoms with E-state index in [4.69, 9.17) is 4.74 Å². The summed E-state index contributed by atoms with van der Waals surface area (Å²) in [5.41, 5.74) is 0.869. The molecule has 1 N–H and O–H groups in total. The van der Waals surface area contributed by atoms with E-state index in [1.165, 1.54) is 34.7 Å². The van der Waals surface area contributed by atoms with Gasteiger partial charge in [-0.15, -0.1) is 0 Å². The minimum atomic E-state index is 0.0908. The molecule has 2 aliphatic heterocycles. The Kier molecular flexibility index (Phi) is 13.8. The van der Waals surface area contributed by atoms with Gasteiger partial charge >= 0.3 is 30.3 Å². The Morgan fingerprint density at radius 2 is 2.07 bits per heavy atom. The van der Waals surface area contributed by atoms with E-state index in [0.717, 1.165) is 44.0 Å². The number of hydrogen-bond acceptors (Lipinski definition) is 5. The molecule has 3 rings (SSSR count). The molecule has 1 aromatic rings. The topological polar surface area (TPSA) is 54.5 Å². The molecule has 1 unspecified atom stereocenters. The Balaban J connectivity index is 0.000000855. The number of likely N-dealkylation sites (tertiary alicyclic amines) is 1. The van der Waals surface area contributed by atoms with E-state index in [1.54, 1.807) is 6.20 Å². The van der Waals surface area contributed by atoms with Gasteiger partial charge in [0, 0.05) is 59.6 Å². The Morgan fingerprint density at radius 3 is 2.74 bits per heavy atom. The molecule has 2 fully saturated rings. The first kappa shape index (κ1) is 25.0. The van der Waals surface area contributed by atoms with Crippen LogP contribution >= 0.6 is 30.1 Å². The van der Waals surface area contributed by atoms with E-state index in [1.807, 2.05) is 30.9 Å². The zero-order valence-corrected chi connectivity index (χ0v) is 23.7. The first-order chi connectivity index (χ1) is 13.3. The van der Waals surface area contributed by atoms with E-state index in [0.29, 0.717) is 12.5 Å². The fourth-order valence-electron chi connectivity index (χ4n) is 3.07. The SMILES string of the molecule is CC.O=C1CC(Nc2ncccc2C#CSI)CN1C1CCOCC1.[CH3][Tl]. The Bertz CT molecular complexity index is 633. The zero-order valence-electron chi connectivity index (χ0n) is 16.2. The maximum absolute atomic E-state index is 12.3. The quantitative estimate of drug-likeness (QED) is 0.296. The van der Waals surface area contributed by atoms with Crippen LogP contribution < -0.4 is 5.32 Å². The summed E-state index contributed by atoms with van der Waals surface area (Å²) in [6.45, 7) is 6.23. The standard InChI is InChI=1S/C16H18IN3O2S.C2H6.CH3.Tl/c17-23-9-5-12-2-1-6-18-16(12)19-13-10-15(21)20(11-13)14-3-7-22-8-4-14;1-2;;/h1-2,6,13-14H,3-4,7-8,10-11H2,(H,18,19);1-2H3;1H3;. The molecule has 2 saturated heterocycles. The molecule has 2 aliphatic rings. The normalized spacial score (nSPS) is 19.0. The molecule has 0 radical (unpaired) electrons. The van der Waals surface area contributed by atoms with Crippen molar-refractivity contribution in [2.24, 2.45) is 0 Å². The summed E-state index contributed by atoms with van der Waals surface area (Å²) in [5.74, 6) is 4.07. The predicted molar refractivity (Wildman–Crippen MR) is 123 cm³/mol. The average Bonchev–Trinajstić information content (AvgIpc) is 3.11. The second kappa shape index (κ2) is 14.9. The van der Waals surface area contributed by atoms with Crippen LogP contribution in [-0.4, -0.2) is 73.4 Å². The zero-order chi connectivity index (χ0) is 20.1. The molecular weight excluding hydrogens is 666 g/mol. The van der Waals surface area contributed by atoms with E-state index in [9.17, 15) is 4.79 Å². The van der Waals surface area contributed by atoms with Gasteiger partial charge < -0.3 is 15.0 Å². The summed E-state index contributed by atoms with van der Waals surface area (Å²) in [6.07, 6.45) is 4.14. The third kappa shape index (κ3) is 8.06. The van der Waals surface area contributed by atoms with Gasteiger partial charge in [-0.25, -0.2) is 4.98 Å². The molecule has 3 heterocycles. The van der Waals surface area contributed by atoms with Crippen molar-refractivity contribution in [2.75, 3.05) is 25.1 Å². The van der Waals surface area contributed by atoms with Crippen LogP contribution in [0.2, 0.25) is 4.48 Å². The van der Waals surface area contributed by atoms with Crippen molar-refractivity contribution < 1.29 is 9.53 Å². The van der Waals surface area contributed by atoms with Gasteiger partial charge in [-0.1, -0.05) is 19.8 Å².